The Morgan fingerprint density at radius 1 is 1.50 bits per heavy atom. The van der Waals surface area contributed by atoms with E-state index in [1.807, 2.05) is 0 Å². The molecule has 0 radical (unpaired) electrons. The van der Waals surface area contributed by atoms with Crippen molar-refractivity contribution in [2.24, 2.45) is 0 Å². The van der Waals surface area contributed by atoms with Crippen molar-refractivity contribution in [1.29, 1.82) is 0 Å². The predicted octanol–water partition coefficient (Wildman–Crippen LogP) is 2.75. The summed E-state index contributed by atoms with van der Waals surface area (Å²) >= 11 is 0. The molecular weight excluding hydrogens is 136 g/mol. The third kappa shape index (κ3) is 1.84. The Labute approximate surface area is 65.3 Å². The van der Waals surface area contributed by atoms with Crippen LogP contribution in [0.5, 0.6) is 0 Å². The van der Waals surface area contributed by atoms with Crippen LogP contribution in [0, 0.1) is 0 Å². The number of rotatable bonds is 1. The van der Waals surface area contributed by atoms with E-state index >= 15 is 0 Å². The van der Waals surface area contributed by atoms with Gasteiger partial charge < -0.3 is 0 Å². The molecule has 0 aromatic heterocycles. The fraction of sp³-hybridized carbons (Fsp3) is 0.556. The van der Waals surface area contributed by atoms with E-state index in [0.717, 1.165) is 5.54 Å². The molecule has 1 aliphatic rings. The lowest BCUT2D eigenvalue weighted by Gasteiger charge is -2.16. The molecule has 1 heteroatoms. The normalized spacial score (nSPS) is 25.2. The Kier molecular flexibility index (Phi) is 2.49. The third-order valence-electron chi connectivity index (χ3n) is 2.17. The van der Waals surface area contributed by atoms with E-state index < -0.39 is 8.80 Å². The molecule has 0 aromatic carbocycles. The first-order chi connectivity index (χ1) is 4.70. The number of allylic oxidation sites excluding steroid dienone is 4. The van der Waals surface area contributed by atoms with Gasteiger partial charge in [0.05, 0.1) is 0 Å². The topological polar surface area (TPSA) is 0 Å². The zero-order chi connectivity index (χ0) is 7.56. The maximum absolute atomic E-state index is 2.42. The van der Waals surface area contributed by atoms with Crippen LogP contribution in [0.4, 0.5) is 0 Å². The highest BCUT2D eigenvalue weighted by atomic mass is 28.3. The molecule has 1 atom stereocenters. The molecule has 10 heavy (non-hydrogen) atoms. The number of hydrogen-bond acceptors (Lipinski definition) is 0. The van der Waals surface area contributed by atoms with Crippen LogP contribution >= 0.6 is 0 Å². The molecule has 0 nitrogen and oxygen atoms in total. The van der Waals surface area contributed by atoms with Crippen molar-refractivity contribution in [3.05, 3.63) is 23.8 Å². The van der Waals surface area contributed by atoms with Gasteiger partial charge in [0.2, 0.25) is 0 Å². The molecular formula is C9H16Si. The van der Waals surface area contributed by atoms with Crippen LogP contribution in [0.2, 0.25) is 18.6 Å². The van der Waals surface area contributed by atoms with Crippen LogP contribution in [-0.2, 0) is 0 Å². The van der Waals surface area contributed by atoms with Gasteiger partial charge in [-0.1, -0.05) is 36.9 Å². The van der Waals surface area contributed by atoms with E-state index in [1.165, 1.54) is 12.0 Å². The molecule has 0 saturated carbocycles. The zero-order valence-corrected chi connectivity index (χ0v) is 8.25. The van der Waals surface area contributed by atoms with Gasteiger partial charge in [-0.25, -0.2) is 0 Å². The van der Waals surface area contributed by atoms with E-state index in [0.29, 0.717) is 0 Å². The van der Waals surface area contributed by atoms with Crippen LogP contribution in [0.1, 0.15) is 13.3 Å². The minimum Gasteiger partial charge on any atom is -0.0838 e. The lowest BCUT2D eigenvalue weighted by molar-refractivity contribution is 0.984. The predicted molar refractivity (Wildman–Crippen MR) is 50.1 cm³/mol. The van der Waals surface area contributed by atoms with E-state index in [2.05, 4.69) is 38.2 Å². The molecule has 0 N–H and O–H groups in total. The van der Waals surface area contributed by atoms with Gasteiger partial charge in [0, 0.05) is 8.80 Å². The van der Waals surface area contributed by atoms with Crippen LogP contribution in [0.3, 0.4) is 0 Å². The van der Waals surface area contributed by atoms with Gasteiger partial charge in [-0.3, -0.25) is 0 Å². The molecule has 0 heterocycles. The van der Waals surface area contributed by atoms with Crippen molar-refractivity contribution in [2.75, 3.05) is 0 Å². The second kappa shape index (κ2) is 3.20. The first kappa shape index (κ1) is 7.80. The van der Waals surface area contributed by atoms with E-state index in [1.54, 1.807) is 0 Å². The van der Waals surface area contributed by atoms with Crippen molar-refractivity contribution in [1.82, 2.24) is 0 Å². The summed E-state index contributed by atoms with van der Waals surface area (Å²) in [6.07, 6.45) is 8.32. The Bertz CT molecular complexity index is 166. The summed E-state index contributed by atoms with van der Waals surface area (Å²) in [5, 5.41) is 0. The summed E-state index contributed by atoms with van der Waals surface area (Å²) < 4.78 is 0. The fourth-order valence-corrected chi connectivity index (χ4v) is 2.47. The summed E-state index contributed by atoms with van der Waals surface area (Å²) in [6, 6.07) is 0. The Balaban J connectivity index is 2.52. The highest BCUT2D eigenvalue weighted by Gasteiger charge is 2.11. The van der Waals surface area contributed by atoms with Crippen molar-refractivity contribution >= 4 is 8.80 Å². The summed E-state index contributed by atoms with van der Waals surface area (Å²) in [6.45, 7) is 7.02. The first-order valence-corrected chi connectivity index (χ1v) is 7.02. The molecule has 0 bridgehead atoms. The van der Waals surface area contributed by atoms with Crippen LogP contribution in [0.15, 0.2) is 23.8 Å². The molecule has 0 aliphatic heterocycles. The van der Waals surface area contributed by atoms with Crippen molar-refractivity contribution in [3.8, 4) is 0 Å². The zero-order valence-electron chi connectivity index (χ0n) is 7.09. The molecule has 0 fully saturated rings. The second-order valence-corrected chi connectivity index (χ2v) is 6.80. The van der Waals surface area contributed by atoms with E-state index in [9.17, 15) is 0 Å². The van der Waals surface area contributed by atoms with Gasteiger partial charge in [0.1, 0.15) is 0 Å². The second-order valence-electron chi connectivity index (χ2n) is 3.45. The largest absolute Gasteiger partial charge is 0.0838 e. The lowest BCUT2D eigenvalue weighted by atomic mass is 10.1. The van der Waals surface area contributed by atoms with Gasteiger partial charge in [-0.15, -0.1) is 0 Å². The summed E-state index contributed by atoms with van der Waals surface area (Å²) in [7, 11) is -0.411. The molecule has 0 spiro atoms. The highest BCUT2D eigenvalue weighted by Crippen LogP contribution is 2.23. The van der Waals surface area contributed by atoms with E-state index in [4.69, 9.17) is 0 Å². The van der Waals surface area contributed by atoms with Crippen molar-refractivity contribution in [2.45, 2.75) is 32.0 Å². The monoisotopic (exact) mass is 152 g/mol. The van der Waals surface area contributed by atoms with Gasteiger partial charge in [-0.2, -0.15) is 0 Å². The van der Waals surface area contributed by atoms with Crippen LogP contribution < -0.4 is 0 Å². The Morgan fingerprint density at radius 2 is 2.20 bits per heavy atom. The molecule has 1 unspecified atom stereocenters. The average Bonchev–Trinajstić information content (AvgIpc) is 1.88. The smallest absolute Gasteiger partial charge is 0.0384 e. The SMILES string of the molecule is CC1=CCC([SiH](C)C)C=C1. The average molecular weight is 152 g/mol. The molecule has 1 aliphatic carbocycles. The van der Waals surface area contributed by atoms with Gasteiger partial charge in [-0.05, 0) is 18.9 Å². The number of hydrogen-bond donors (Lipinski definition) is 0. The molecule has 0 aromatic rings. The summed E-state index contributed by atoms with van der Waals surface area (Å²) in [5.74, 6) is 0. The Morgan fingerprint density at radius 3 is 2.60 bits per heavy atom. The molecule has 56 valence electrons. The van der Waals surface area contributed by atoms with Crippen molar-refractivity contribution < 1.29 is 0 Å². The standard InChI is InChI=1S/C9H16Si/c1-8-4-6-9(7-5-8)10(2)3/h4-6,9-10H,7H2,1-3H3. The maximum Gasteiger partial charge on any atom is 0.0384 e. The van der Waals surface area contributed by atoms with Crippen LogP contribution in [0.25, 0.3) is 0 Å². The fourth-order valence-electron chi connectivity index (χ4n) is 1.24. The quantitative estimate of drug-likeness (QED) is 0.507. The highest BCUT2D eigenvalue weighted by molar-refractivity contribution is 6.58. The van der Waals surface area contributed by atoms with Gasteiger partial charge in [0.15, 0.2) is 0 Å². The minimum atomic E-state index is -0.411. The summed E-state index contributed by atoms with van der Waals surface area (Å²) in [4.78, 5) is 0. The molecule has 1 rings (SSSR count). The van der Waals surface area contributed by atoms with Crippen LogP contribution in [-0.4, -0.2) is 8.80 Å². The van der Waals surface area contributed by atoms with Gasteiger partial charge in [0.25, 0.3) is 0 Å². The minimum absolute atomic E-state index is 0.411. The van der Waals surface area contributed by atoms with Crippen molar-refractivity contribution in [3.63, 3.8) is 0 Å². The van der Waals surface area contributed by atoms with E-state index in [-0.39, 0.29) is 0 Å². The third-order valence-corrected chi connectivity index (χ3v) is 4.38. The first-order valence-electron chi connectivity index (χ1n) is 4.05. The molecule has 0 amide bonds. The van der Waals surface area contributed by atoms with Gasteiger partial charge >= 0.3 is 0 Å². The maximum atomic E-state index is 2.42. The Hall–Kier alpha value is -0.303. The lowest BCUT2D eigenvalue weighted by Crippen LogP contribution is -2.10. The summed E-state index contributed by atoms with van der Waals surface area (Å²) in [5.41, 5.74) is 2.36. The molecule has 0 saturated heterocycles.